The van der Waals surface area contributed by atoms with Crippen LogP contribution in [0, 0.1) is 0 Å². The van der Waals surface area contributed by atoms with Crippen LogP contribution in [0.3, 0.4) is 0 Å². The van der Waals surface area contributed by atoms with Gasteiger partial charge in [0, 0.05) is 18.0 Å². The first kappa shape index (κ1) is 12.1. The topological polar surface area (TPSA) is 69.4 Å². The number of benzene rings is 1. The highest BCUT2D eigenvalue weighted by atomic mass is 79.9. The lowest BCUT2D eigenvalue weighted by Gasteiger charge is -2.19. The molecule has 0 atom stereocenters. The number of fused-ring (bicyclic) bond motifs is 1. The maximum Gasteiger partial charge on any atom is 0.163 e. The molecule has 2 aromatic rings. The standard InChI is InChI=1S/C13H12BrN3O2/c14-9-6-16-7-10(15)13(9)17-8-1-2-11-12(5-8)19-4-3-18-11/h1-2,5-7H,3-4,15H2,(H,16,17). The van der Waals surface area contributed by atoms with Crippen molar-refractivity contribution in [1.29, 1.82) is 0 Å². The van der Waals surface area contributed by atoms with Gasteiger partial charge < -0.3 is 20.5 Å². The highest BCUT2D eigenvalue weighted by Crippen LogP contribution is 2.36. The number of aromatic nitrogens is 1. The monoisotopic (exact) mass is 321 g/mol. The van der Waals surface area contributed by atoms with Gasteiger partial charge in [0.15, 0.2) is 11.5 Å². The Kier molecular flexibility index (Phi) is 3.16. The zero-order valence-corrected chi connectivity index (χ0v) is 11.6. The molecular weight excluding hydrogens is 310 g/mol. The minimum absolute atomic E-state index is 0.567. The first-order valence-electron chi connectivity index (χ1n) is 5.80. The number of nitrogens with one attached hydrogen (secondary N) is 1. The van der Waals surface area contributed by atoms with Gasteiger partial charge in [-0.2, -0.15) is 0 Å². The number of ether oxygens (including phenoxy) is 2. The maximum atomic E-state index is 5.90. The highest BCUT2D eigenvalue weighted by Gasteiger charge is 2.12. The molecule has 19 heavy (non-hydrogen) atoms. The van der Waals surface area contributed by atoms with Crippen LogP contribution in [0.2, 0.25) is 0 Å². The number of nitrogens with zero attached hydrogens (tertiary/aromatic N) is 1. The Morgan fingerprint density at radius 3 is 2.74 bits per heavy atom. The van der Waals surface area contributed by atoms with Gasteiger partial charge in [0.25, 0.3) is 0 Å². The van der Waals surface area contributed by atoms with E-state index in [0.29, 0.717) is 18.9 Å². The molecule has 6 heteroatoms. The summed E-state index contributed by atoms with van der Waals surface area (Å²) in [7, 11) is 0. The SMILES string of the molecule is Nc1cncc(Br)c1Nc1ccc2c(c1)OCCO2. The van der Waals surface area contributed by atoms with Crippen molar-refractivity contribution in [1.82, 2.24) is 4.98 Å². The van der Waals surface area contributed by atoms with Gasteiger partial charge in [0.05, 0.1) is 22.0 Å². The first-order chi connectivity index (χ1) is 9.24. The Balaban J connectivity index is 1.91. The van der Waals surface area contributed by atoms with Crippen LogP contribution < -0.4 is 20.5 Å². The second-order valence-corrected chi connectivity index (χ2v) is 4.92. The molecule has 1 aromatic carbocycles. The van der Waals surface area contributed by atoms with Crippen molar-refractivity contribution >= 4 is 33.0 Å². The quantitative estimate of drug-likeness (QED) is 0.890. The summed E-state index contributed by atoms with van der Waals surface area (Å²) in [6, 6.07) is 5.68. The van der Waals surface area contributed by atoms with E-state index in [4.69, 9.17) is 15.2 Å². The predicted molar refractivity (Wildman–Crippen MR) is 77.1 cm³/mol. The predicted octanol–water partition coefficient (Wildman–Crippen LogP) is 2.94. The normalized spacial score (nSPS) is 13.1. The molecule has 0 aliphatic carbocycles. The molecule has 3 N–H and O–H groups in total. The molecule has 0 saturated carbocycles. The molecule has 3 rings (SSSR count). The number of hydrogen-bond acceptors (Lipinski definition) is 5. The second kappa shape index (κ2) is 4.97. The van der Waals surface area contributed by atoms with Crippen LogP contribution in [-0.2, 0) is 0 Å². The molecule has 0 amide bonds. The van der Waals surface area contributed by atoms with E-state index in [0.717, 1.165) is 27.3 Å². The van der Waals surface area contributed by atoms with Crippen LogP contribution in [0.1, 0.15) is 0 Å². The van der Waals surface area contributed by atoms with Crippen LogP contribution in [0.15, 0.2) is 35.1 Å². The van der Waals surface area contributed by atoms with Crippen LogP contribution in [-0.4, -0.2) is 18.2 Å². The van der Waals surface area contributed by atoms with Crippen molar-refractivity contribution in [2.75, 3.05) is 24.3 Å². The maximum absolute atomic E-state index is 5.90. The molecule has 0 bridgehead atoms. The number of nitrogens with two attached hydrogens (primary N) is 1. The van der Waals surface area contributed by atoms with Crippen molar-refractivity contribution in [2.24, 2.45) is 0 Å². The van der Waals surface area contributed by atoms with Crippen LogP contribution in [0.25, 0.3) is 0 Å². The van der Waals surface area contributed by atoms with Crippen molar-refractivity contribution in [3.05, 3.63) is 35.1 Å². The van der Waals surface area contributed by atoms with Gasteiger partial charge in [-0.15, -0.1) is 0 Å². The molecule has 2 heterocycles. The number of rotatable bonds is 2. The van der Waals surface area contributed by atoms with Crippen molar-refractivity contribution in [2.45, 2.75) is 0 Å². The number of nitrogen functional groups attached to an aromatic ring is 1. The Bertz CT molecular complexity index is 599. The summed E-state index contributed by atoms with van der Waals surface area (Å²) in [5.41, 5.74) is 8.13. The summed E-state index contributed by atoms with van der Waals surface area (Å²) in [5, 5.41) is 3.24. The van der Waals surface area contributed by atoms with E-state index in [9.17, 15) is 0 Å². The van der Waals surface area contributed by atoms with E-state index in [1.54, 1.807) is 12.4 Å². The number of pyridine rings is 1. The molecule has 1 aromatic heterocycles. The van der Waals surface area contributed by atoms with Crippen molar-refractivity contribution < 1.29 is 9.47 Å². The van der Waals surface area contributed by atoms with Crippen molar-refractivity contribution in [3.8, 4) is 11.5 Å². The van der Waals surface area contributed by atoms with Crippen LogP contribution >= 0.6 is 15.9 Å². The number of halogens is 1. The third-order valence-electron chi connectivity index (χ3n) is 2.74. The Labute approximate surface area is 118 Å². The van der Waals surface area contributed by atoms with E-state index in [2.05, 4.69) is 26.2 Å². The fourth-order valence-electron chi connectivity index (χ4n) is 1.85. The lowest BCUT2D eigenvalue weighted by Crippen LogP contribution is -2.15. The average Bonchev–Trinajstić information content (AvgIpc) is 2.43. The summed E-state index contributed by atoms with van der Waals surface area (Å²) < 4.78 is 11.8. The fraction of sp³-hybridized carbons (Fsp3) is 0.154. The molecule has 0 spiro atoms. The summed E-state index contributed by atoms with van der Waals surface area (Å²) in [5.74, 6) is 1.50. The molecule has 0 saturated heterocycles. The molecule has 0 unspecified atom stereocenters. The smallest absolute Gasteiger partial charge is 0.163 e. The van der Waals surface area contributed by atoms with Gasteiger partial charge >= 0.3 is 0 Å². The van der Waals surface area contributed by atoms with Gasteiger partial charge in [-0.05, 0) is 28.1 Å². The second-order valence-electron chi connectivity index (χ2n) is 4.07. The Morgan fingerprint density at radius 1 is 1.16 bits per heavy atom. The lowest BCUT2D eigenvalue weighted by atomic mass is 10.2. The molecule has 1 aliphatic rings. The van der Waals surface area contributed by atoms with Crippen LogP contribution in [0.5, 0.6) is 11.5 Å². The van der Waals surface area contributed by atoms with E-state index in [1.165, 1.54) is 0 Å². The summed E-state index contributed by atoms with van der Waals surface area (Å²) in [6.45, 7) is 1.15. The first-order valence-corrected chi connectivity index (χ1v) is 6.59. The molecule has 0 radical (unpaired) electrons. The van der Waals surface area contributed by atoms with Gasteiger partial charge in [0.2, 0.25) is 0 Å². The minimum atomic E-state index is 0.567. The summed E-state index contributed by atoms with van der Waals surface area (Å²) in [6.07, 6.45) is 3.29. The third-order valence-corrected chi connectivity index (χ3v) is 3.34. The third kappa shape index (κ3) is 2.44. The largest absolute Gasteiger partial charge is 0.486 e. The Hall–Kier alpha value is -1.95. The molecule has 1 aliphatic heterocycles. The van der Waals surface area contributed by atoms with E-state index in [-0.39, 0.29) is 0 Å². The highest BCUT2D eigenvalue weighted by molar-refractivity contribution is 9.10. The summed E-state index contributed by atoms with van der Waals surface area (Å²) in [4.78, 5) is 4.00. The van der Waals surface area contributed by atoms with E-state index < -0.39 is 0 Å². The fourth-order valence-corrected chi connectivity index (χ4v) is 2.29. The van der Waals surface area contributed by atoms with Gasteiger partial charge in [-0.3, -0.25) is 4.98 Å². The van der Waals surface area contributed by atoms with Gasteiger partial charge in [0.1, 0.15) is 13.2 Å². The molecule has 0 fully saturated rings. The van der Waals surface area contributed by atoms with E-state index in [1.807, 2.05) is 18.2 Å². The zero-order valence-electron chi connectivity index (χ0n) is 10.0. The van der Waals surface area contributed by atoms with Gasteiger partial charge in [-0.1, -0.05) is 0 Å². The molecule has 5 nitrogen and oxygen atoms in total. The minimum Gasteiger partial charge on any atom is -0.486 e. The average molecular weight is 322 g/mol. The van der Waals surface area contributed by atoms with Crippen LogP contribution in [0.4, 0.5) is 17.1 Å². The molecule has 98 valence electrons. The molecular formula is C13H12BrN3O2. The lowest BCUT2D eigenvalue weighted by molar-refractivity contribution is 0.171. The number of hydrogen-bond donors (Lipinski definition) is 2. The van der Waals surface area contributed by atoms with Gasteiger partial charge in [-0.25, -0.2) is 0 Å². The Morgan fingerprint density at radius 2 is 1.95 bits per heavy atom. The zero-order chi connectivity index (χ0) is 13.2. The van der Waals surface area contributed by atoms with Crippen molar-refractivity contribution in [3.63, 3.8) is 0 Å². The van der Waals surface area contributed by atoms with E-state index >= 15 is 0 Å². The number of anilines is 3. The summed E-state index contributed by atoms with van der Waals surface area (Å²) >= 11 is 3.42.